The van der Waals surface area contributed by atoms with Crippen LogP contribution in [0.2, 0.25) is 0 Å². The lowest BCUT2D eigenvalue weighted by atomic mass is 9.91. The van der Waals surface area contributed by atoms with Crippen molar-refractivity contribution in [2.75, 3.05) is 36.0 Å². The molecule has 8 heteroatoms. The molecular formula is C25H34F3N3O2. The largest absolute Gasteiger partial charge is 0.418 e. The van der Waals surface area contributed by atoms with E-state index in [2.05, 4.69) is 0 Å². The maximum absolute atomic E-state index is 14.0. The van der Waals surface area contributed by atoms with E-state index in [-0.39, 0.29) is 17.5 Å². The van der Waals surface area contributed by atoms with Crippen molar-refractivity contribution >= 4 is 23.7 Å². The molecule has 0 radical (unpaired) electrons. The third kappa shape index (κ3) is 5.64. The zero-order chi connectivity index (χ0) is 23.4. The molecule has 1 aromatic carbocycles. The number of carbonyl (C=O) groups excluding carboxylic acids is 2. The molecule has 1 aromatic rings. The Kier molecular flexibility index (Phi) is 7.49. The fourth-order valence-corrected chi connectivity index (χ4v) is 5.70. The van der Waals surface area contributed by atoms with E-state index in [1.54, 1.807) is 6.07 Å². The van der Waals surface area contributed by atoms with Crippen LogP contribution in [0.15, 0.2) is 18.2 Å². The lowest BCUT2D eigenvalue weighted by Crippen LogP contribution is -2.40. The van der Waals surface area contributed by atoms with E-state index in [9.17, 15) is 22.8 Å². The zero-order valence-electron chi connectivity index (χ0n) is 19.2. The summed E-state index contributed by atoms with van der Waals surface area (Å²) in [7, 11) is 0. The van der Waals surface area contributed by atoms with Crippen molar-refractivity contribution in [2.45, 2.75) is 76.4 Å². The normalized spacial score (nSPS) is 22.6. The molecule has 2 amide bonds. The molecule has 0 aromatic heterocycles. The predicted molar refractivity (Wildman–Crippen MR) is 122 cm³/mol. The number of alkyl halides is 3. The lowest BCUT2D eigenvalue weighted by molar-refractivity contribution is -0.137. The summed E-state index contributed by atoms with van der Waals surface area (Å²) in [5.41, 5.74) is -0.143. The Morgan fingerprint density at radius 1 is 1.03 bits per heavy atom. The fourth-order valence-electron chi connectivity index (χ4n) is 5.70. The van der Waals surface area contributed by atoms with Crippen LogP contribution < -0.4 is 9.80 Å². The highest BCUT2D eigenvalue weighted by Gasteiger charge is 2.37. The molecule has 0 spiro atoms. The third-order valence-electron chi connectivity index (χ3n) is 7.50. The average Bonchev–Trinajstić information content (AvgIpc) is 3.25. The van der Waals surface area contributed by atoms with Crippen molar-refractivity contribution in [3.63, 3.8) is 0 Å². The van der Waals surface area contributed by atoms with Crippen molar-refractivity contribution < 1.29 is 22.8 Å². The fraction of sp³-hybridized carbons (Fsp3) is 0.680. The number of rotatable bonds is 7. The number of benzene rings is 1. The van der Waals surface area contributed by atoms with Gasteiger partial charge in [-0.2, -0.15) is 13.2 Å². The summed E-state index contributed by atoms with van der Waals surface area (Å²) in [5.74, 6) is 0.136. The highest BCUT2D eigenvalue weighted by molar-refractivity contribution is 5.95. The number of piperidine rings is 1. The standard InChI is InChI=1S/C25H34F3N3O2/c26-25(27,28)22-16-21(31-14-5-9-24(31)33)10-11-23(22)29-13-4-6-19(17-29)12-15-30(18-32)20-7-2-1-3-8-20/h10-11,16,18-20H,1-9,12-15,17H2. The molecule has 2 saturated heterocycles. The Bertz CT molecular complexity index is 839. The summed E-state index contributed by atoms with van der Waals surface area (Å²) in [6.45, 7) is 2.29. The van der Waals surface area contributed by atoms with E-state index in [0.29, 0.717) is 50.7 Å². The van der Waals surface area contributed by atoms with Crippen LogP contribution in [0.5, 0.6) is 0 Å². The van der Waals surface area contributed by atoms with E-state index in [1.165, 1.54) is 17.4 Å². The van der Waals surface area contributed by atoms with Gasteiger partial charge in [0.1, 0.15) is 0 Å². The summed E-state index contributed by atoms with van der Waals surface area (Å²) < 4.78 is 42.0. The second-order valence-corrected chi connectivity index (χ2v) is 9.73. The van der Waals surface area contributed by atoms with Gasteiger partial charge in [0.2, 0.25) is 12.3 Å². The van der Waals surface area contributed by atoms with Crippen LogP contribution in [0, 0.1) is 5.92 Å². The van der Waals surface area contributed by atoms with Gasteiger partial charge in [0, 0.05) is 50.0 Å². The van der Waals surface area contributed by atoms with E-state index >= 15 is 0 Å². The number of amides is 2. The molecule has 1 aliphatic carbocycles. The molecule has 1 saturated carbocycles. The Balaban J connectivity index is 1.45. The summed E-state index contributed by atoms with van der Waals surface area (Å²) in [6.07, 6.45) is 5.79. The molecule has 4 rings (SSSR count). The first kappa shape index (κ1) is 23.9. The maximum atomic E-state index is 14.0. The van der Waals surface area contributed by atoms with Crippen molar-refractivity contribution in [3.05, 3.63) is 23.8 Å². The molecule has 3 aliphatic rings. The van der Waals surface area contributed by atoms with Crippen LogP contribution in [-0.4, -0.2) is 49.4 Å². The molecule has 182 valence electrons. The van der Waals surface area contributed by atoms with Crippen molar-refractivity contribution in [1.29, 1.82) is 0 Å². The molecule has 2 aliphatic heterocycles. The smallest absolute Gasteiger partial charge is 0.371 e. The molecule has 1 unspecified atom stereocenters. The van der Waals surface area contributed by atoms with Gasteiger partial charge in [0.25, 0.3) is 0 Å². The predicted octanol–water partition coefficient (Wildman–Crippen LogP) is 5.23. The molecule has 5 nitrogen and oxygen atoms in total. The highest BCUT2D eigenvalue weighted by atomic mass is 19.4. The van der Waals surface area contributed by atoms with Gasteiger partial charge in [-0.1, -0.05) is 19.3 Å². The highest BCUT2D eigenvalue weighted by Crippen LogP contribution is 2.41. The summed E-state index contributed by atoms with van der Waals surface area (Å²) >= 11 is 0. The Hall–Kier alpha value is -2.25. The summed E-state index contributed by atoms with van der Waals surface area (Å²) in [5, 5.41) is 0. The molecule has 1 atom stereocenters. The molecule has 33 heavy (non-hydrogen) atoms. The van der Waals surface area contributed by atoms with Crippen LogP contribution in [0.1, 0.15) is 69.8 Å². The zero-order valence-corrected chi connectivity index (χ0v) is 19.2. The van der Waals surface area contributed by atoms with Gasteiger partial charge in [-0.25, -0.2) is 0 Å². The van der Waals surface area contributed by atoms with Crippen LogP contribution in [0.25, 0.3) is 0 Å². The van der Waals surface area contributed by atoms with Crippen LogP contribution >= 0.6 is 0 Å². The SMILES string of the molecule is O=CN(CCC1CCCN(c2ccc(N3CCCC3=O)cc2C(F)(F)F)C1)C1CCCCC1. The van der Waals surface area contributed by atoms with Gasteiger partial charge in [-0.3, -0.25) is 9.59 Å². The van der Waals surface area contributed by atoms with Crippen molar-refractivity contribution in [2.24, 2.45) is 5.92 Å². The number of hydrogen-bond donors (Lipinski definition) is 0. The number of anilines is 2. The molecule has 3 fully saturated rings. The molecule has 0 bridgehead atoms. The van der Waals surface area contributed by atoms with Crippen LogP contribution in [0.4, 0.5) is 24.5 Å². The van der Waals surface area contributed by atoms with Gasteiger partial charge in [-0.15, -0.1) is 0 Å². The number of hydrogen-bond acceptors (Lipinski definition) is 3. The quantitative estimate of drug-likeness (QED) is 0.518. The minimum atomic E-state index is -4.49. The number of halogens is 3. The van der Waals surface area contributed by atoms with E-state index in [4.69, 9.17) is 0 Å². The minimum Gasteiger partial charge on any atom is -0.371 e. The summed E-state index contributed by atoms with van der Waals surface area (Å²) in [4.78, 5) is 28.9. The molecular weight excluding hydrogens is 431 g/mol. The molecule has 2 heterocycles. The second-order valence-electron chi connectivity index (χ2n) is 9.73. The Labute approximate surface area is 193 Å². The van der Waals surface area contributed by atoms with Crippen molar-refractivity contribution in [1.82, 2.24) is 4.90 Å². The van der Waals surface area contributed by atoms with Gasteiger partial charge in [-0.05, 0) is 62.6 Å². The van der Waals surface area contributed by atoms with Gasteiger partial charge < -0.3 is 14.7 Å². The van der Waals surface area contributed by atoms with E-state index in [0.717, 1.165) is 57.4 Å². The Morgan fingerprint density at radius 3 is 2.48 bits per heavy atom. The van der Waals surface area contributed by atoms with Gasteiger partial charge in [0.15, 0.2) is 0 Å². The monoisotopic (exact) mass is 465 g/mol. The second kappa shape index (κ2) is 10.3. The van der Waals surface area contributed by atoms with Crippen molar-refractivity contribution in [3.8, 4) is 0 Å². The molecule has 0 N–H and O–H groups in total. The number of nitrogens with zero attached hydrogens (tertiary/aromatic N) is 3. The lowest BCUT2D eigenvalue weighted by Gasteiger charge is -2.38. The van der Waals surface area contributed by atoms with Gasteiger partial charge in [0.05, 0.1) is 5.56 Å². The van der Waals surface area contributed by atoms with Crippen LogP contribution in [0.3, 0.4) is 0 Å². The van der Waals surface area contributed by atoms with Crippen LogP contribution in [-0.2, 0) is 15.8 Å². The topological polar surface area (TPSA) is 43.9 Å². The first-order valence-electron chi connectivity index (χ1n) is 12.3. The Morgan fingerprint density at radius 2 is 1.82 bits per heavy atom. The number of carbonyl (C=O) groups is 2. The first-order chi connectivity index (χ1) is 15.9. The summed E-state index contributed by atoms with van der Waals surface area (Å²) in [6, 6.07) is 4.63. The average molecular weight is 466 g/mol. The minimum absolute atomic E-state index is 0.119. The maximum Gasteiger partial charge on any atom is 0.418 e. The van der Waals surface area contributed by atoms with E-state index in [1.807, 2.05) is 9.80 Å². The van der Waals surface area contributed by atoms with E-state index < -0.39 is 11.7 Å². The van der Waals surface area contributed by atoms with Gasteiger partial charge >= 0.3 is 6.18 Å². The third-order valence-corrected chi connectivity index (χ3v) is 7.50. The first-order valence-corrected chi connectivity index (χ1v) is 12.3.